The van der Waals surface area contributed by atoms with Gasteiger partial charge < -0.3 is 16.0 Å². The molecule has 3 rings (SSSR count). The lowest BCUT2D eigenvalue weighted by atomic mass is 9.94. The molecule has 2 aliphatic rings. The van der Waals surface area contributed by atoms with Crippen LogP contribution in [0.25, 0.3) is 0 Å². The molecule has 3 N–H and O–H groups in total. The van der Waals surface area contributed by atoms with Crippen molar-refractivity contribution in [1.82, 2.24) is 4.90 Å². The Morgan fingerprint density at radius 3 is 3.00 bits per heavy atom. The fourth-order valence-electron chi connectivity index (χ4n) is 3.20. The Bertz CT molecular complexity index is 494. The van der Waals surface area contributed by atoms with Gasteiger partial charge in [-0.05, 0) is 37.4 Å². The second-order valence-electron chi connectivity index (χ2n) is 5.64. The number of piperidine rings is 1. The lowest BCUT2D eigenvalue weighted by Gasteiger charge is -2.32. The summed E-state index contributed by atoms with van der Waals surface area (Å²) in [6, 6.07) is 8.77. The van der Waals surface area contributed by atoms with Crippen molar-refractivity contribution in [1.29, 1.82) is 0 Å². The van der Waals surface area contributed by atoms with Gasteiger partial charge in [0.1, 0.15) is 0 Å². The minimum Gasteiger partial charge on any atom is -0.381 e. The SMILES string of the molecule is NC(=O)CSc1ccccc1NC1CCN2CCC1C2. The van der Waals surface area contributed by atoms with Crippen LogP contribution in [0.5, 0.6) is 0 Å². The maximum Gasteiger partial charge on any atom is 0.227 e. The number of hydrogen-bond donors (Lipinski definition) is 2. The zero-order valence-corrected chi connectivity index (χ0v) is 12.4. The number of rotatable bonds is 5. The summed E-state index contributed by atoms with van der Waals surface area (Å²) in [6.07, 6.45) is 2.51. The lowest BCUT2D eigenvalue weighted by molar-refractivity contribution is -0.115. The average Bonchev–Trinajstić information content (AvgIpc) is 2.83. The van der Waals surface area contributed by atoms with Crippen molar-refractivity contribution in [2.75, 3.05) is 30.7 Å². The second kappa shape index (κ2) is 6.06. The van der Waals surface area contributed by atoms with E-state index in [1.165, 1.54) is 44.2 Å². The highest BCUT2D eigenvalue weighted by Crippen LogP contribution is 2.33. The molecule has 0 radical (unpaired) electrons. The van der Waals surface area contributed by atoms with E-state index in [0.717, 1.165) is 16.5 Å². The maximum atomic E-state index is 11.0. The number of primary amides is 1. The number of nitrogens with zero attached hydrogens (tertiary/aromatic N) is 1. The maximum absolute atomic E-state index is 11.0. The fraction of sp³-hybridized carbons (Fsp3) is 0.533. The molecule has 2 heterocycles. The van der Waals surface area contributed by atoms with Crippen LogP contribution in [0.15, 0.2) is 29.2 Å². The molecule has 1 amide bonds. The summed E-state index contributed by atoms with van der Waals surface area (Å²) in [7, 11) is 0. The van der Waals surface area contributed by atoms with E-state index in [-0.39, 0.29) is 5.91 Å². The highest BCUT2D eigenvalue weighted by Gasteiger charge is 2.34. The first-order chi connectivity index (χ1) is 9.72. The fourth-order valence-corrected chi connectivity index (χ4v) is 3.96. The Kier molecular flexibility index (Phi) is 4.17. The Morgan fingerprint density at radius 2 is 2.15 bits per heavy atom. The van der Waals surface area contributed by atoms with E-state index < -0.39 is 0 Å². The average molecular weight is 291 g/mol. The Balaban J connectivity index is 1.68. The van der Waals surface area contributed by atoms with Crippen molar-refractivity contribution >= 4 is 23.4 Å². The molecule has 3 unspecified atom stereocenters. The molecule has 0 saturated carbocycles. The van der Waals surface area contributed by atoms with Gasteiger partial charge in [0, 0.05) is 29.7 Å². The number of nitrogens with two attached hydrogens (primary N) is 1. The topological polar surface area (TPSA) is 58.4 Å². The molecule has 2 bridgehead atoms. The number of anilines is 1. The summed E-state index contributed by atoms with van der Waals surface area (Å²) in [5.41, 5.74) is 6.38. The monoisotopic (exact) mass is 291 g/mol. The van der Waals surface area contributed by atoms with Crippen LogP contribution >= 0.6 is 11.8 Å². The Morgan fingerprint density at radius 1 is 1.35 bits per heavy atom. The number of nitrogens with one attached hydrogen (secondary N) is 1. The van der Waals surface area contributed by atoms with Crippen LogP contribution in [0.3, 0.4) is 0 Å². The highest BCUT2D eigenvalue weighted by molar-refractivity contribution is 8.00. The minimum absolute atomic E-state index is 0.270. The summed E-state index contributed by atoms with van der Waals surface area (Å²) in [5, 5.41) is 3.70. The molecule has 2 aliphatic heterocycles. The summed E-state index contributed by atoms with van der Waals surface area (Å²) in [5.74, 6) is 0.826. The van der Waals surface area contributed by atoms with Crippen LogP contribution in [0.4, 0.5) is 5.69 Å². The van der Waals surface area contributed by atoms with Gasteiger partial charge in [0.05, 0.1) is 5.75 Å². The van der Waals surface area contributed by atoms with Gasteiger partial charge in [0.25, 0.3) is 0 Å². The molecule has 1 aromatic rings. The molecule has 3 atom stereocenters. The normalized spacial score (nSPS) is 28.3. The first-order valence-corrected chi connectivity index (χ1v) is 8.20. The smallest absolute Gasteiger partial charge is 0.227 e. The van der Waals surface area contributed by atoms with Crippen LogP contribution in [0.1, 0.15) is 12.8 Å². The van der Waals surface area contributed by atoms with Crippen LogP contribution in [0, 0.1) is 5.92 Å². The van der Waals surface area contributed by atoms with Gasteiger partial charge in [-0.15, -0.1) is 11.8 Å². The van der Waals surface area contributed by atoms with Crippen molar-refractivity contribution in [3.63, 3.8) is 0 Å². The number of carbonyl (C=O) groups excluding carboxylic acids is 1. The molecule has 108 valence electrons. The van der Waals surface area contributed by atoms with E-state index in [1.807, 2.05) is 12.1 Å². The molecule has 0 aromatic heterocycles. The lowest BCUT2D eigenvalue weighted by Crippen LogP contribution is -2.39. The molecular formula is C15H21N3OS. The van der Waals surface area contributed by atoms with Crippen molar-refractivity contribution in [2.45, 2.75) is 23.8 Å². The number of thioether (sulfide) groups is 1. The first-order valence-electron chi connectivity index (χ1n) is 7.21. The predicted octanol–water partition coefficient (Wildman–Crippen LogP) is 1.77. The third-order valence-corrected chi connectivity index (χ3v) is 5.33. The van der Waals surface area contributed by atoms with Crippen LogP contribution in [-0.4, -0.2) is 42.2 Å². The largest absolute Gasteiger partial charge is 0.381 e. The van der Waals surface area contributed by atoms with E-state index in [1.54, 1.807) is 0 Å². The van der Waals surface area contributed by atoms with Gasteiger partial charge in [-0.1, -0.05) is 12.1 Å². The number of carbonyl (C=O) groups is 1. The van der Waals surface area contributed by atoms with Gasteiger partial charge in [0.2, 0.25) is 5.91 Å². The van der Waals surface area contributed by atoms with Crippen LogP contribution < -0.4 is 11.1 Å². The minimum atomic E-state index is -0.270. The molecule has 4 nitrogen and oxygen atoms in total. The predicted molar refractivity (Wildman–Crippen MR) is 82.9 cm³/mol. The molecular weight excluding hydrogens is 270 g/mol. The van der Waals surface area contributed by atoms with E-state index in [0.29, 0.717) is 11.8 Å². The zero-order valence-electron chi connectivity index (χ0n) is 11.5. The molecule has 5 heteroatoms. The van der Waals surface area contributed by atoms with Crippen molar-refractivity contribution < 1.29 is 4.79 Å². The summed E-state index contributed by atoms with van der Waals surface area (Å²) in [4.78, 5) is 14.6. The van der Waals surface area contributed by atoms with Gasteiger partial charge >= 0.3 is 0 Å². The van der Waals surface area contributed by atoms with E-state index in [4.69, 9.17) is 5.73 Å². The zero-order chi connectivity index (χ0) is 13.9. The molecule has 20 heavy (non-hydrogen) atoms. The third kappa shape index (κ3) is 3.10. The van der Waals surface area contributed by atoms with Crippen molar-refractivity contribution in [3.8, 4) is 0 Å². The van der Waals surface area contributed by atoms with Gasteiger partial charge in [-0.2, -0.15) is 0 Å². The van der Waals surface area contributed by atoms with Crippen LogP contribution in [0.2, 0.25) is 0 Å². The number of para-hydroxylation sites is 1. The standard InChI is InChI=1S/C15H21N3OS/c16-15(19)10-20-14-4-2-1-3-13(14)17-12-6-8-18-7-5-11(12)9-18/h1-4,11-12,17H,5-10H2,(H2,16,19). The highest BCUT2D eigenvalue weighted by atomic mass is 32.2. The van der Waals surface area contributed by atoms with Gasteiger partial charge in [0.15, 0.2) is 0 Å². The van der Waals surface area contributed by atoms with E-state index in [2.05, 4.69) is 22.3 Å². The van der Waals surface area contributed by atoms with Gasteiger partial charge in [-0.3, -0.25) is 4.79 Å². The molecule has 2 fully saturated rings. The van der Waals surface area contributed by atoms with Crippen molar-refractivity contribution in [2.24, 2.45) is 11.7 Å². The first kappa shape index (κ1) is 13.8. The molecule has 1 aromatic carbocycles. The number of amides is 1. The molecule has 2 saturated heterocycles. The van der Waals surface area contributed by atoms with Crippen molar-refractivity contribution in [3.05, 3.63) is 24.3 Å². The third-order valence-electron chi connectivity index (χ3n) is 4.23. The van der Waals surface area contributed by atoms with Gasteiger partial charge in [-0.25, -0.2) is 0 Å². The summed E-state index contributed by atoms with van der Waals surface area (Å²) >= 11 is 1.52. The quantitative estimate of drug-likeness (QED) is 0.812. The Labute approximate surface area is 124 Å². The number of fused-ring (bicyclic) bond motifs is 2. The molecule has 0 spiro atoms. The number of benzene rings is 1. The summed E-state index contributed by atoms with van der Waals surface area (Å²) < 4.78 is 0. The second-order valence-corrected chi connectivity index (χ2v) is 6.66. The molecule has 0 aliphatic carbocycles. The van der Waals surface area contributed by atoms with E-state index >= 15 is 0 Å². The van der Waals surface area contributed by atoms with Crippen LogP contribution in [-0.2, 0) is 4.79 Å². The Hall–Kier alpha value is -1.20. The summed E-state index contributed by atoms with van der Waals surface area (Å²) in [6.45, 7) is 3.68. The van der Waals surface area contributed by atoms with E-state index in [9.17, 15) is 4.79 Å². The number of hydrogen-bond acceptors (Lipinski definition) is 4.